The van der Waals surface area contributed by atoms with E-state index >= 15 is 0 Å². The van der Waals surface area contributed by atoms with E-state index < -0.39 is 5.60 Å². The van der Waals surface area contributed by atoms with Crippen LogP contribution in [0.15, 0.2) is 0 Å². The molecule has 0 spiro atoms. The summed E-state index contributed by atoms with van der Waals surface area (Å²) in [6.45, 7) is 10.3. The summed E-state index contributed by atoms with van der Waals surface area (Å²) in [6.07, 6.45) is 4.82. The summed E-state index contributed by atoms with van der Waals surface area (Å²) in [5.41, 5.74) is -0.405. The monoisotopic (exact) mass is 298 g/mol. The predicted octanol–water partition coefficient (Wildman–Crippen LogP) is 2.40. The van der Waals surface area contributed by atoms with Gasteiger partial charge in [-0.1, -0.05) is 0 Å². The molecule has 2 fully saturated rings. The van der Waals surface area contributed by atoms with E-state index in [0.29, 0.717) is 12.0 Å². The van der Waals surface area contributed by atoms with E-state index in [1.165, 1.54) is 12.8 Å². The molecule has 5 nitrogen and oxygen atoms in total. The molecule has 122 valence electrons. The van der Waals surface area contributed by atoms with Crippen LogP contribution in [-0.2, 0) is 9.47 Å². The van der Waals surface area contributed by atoms with E-state index in [1.807, 2.05) is 25.7 Å². The van der Waals surface area contributed by atoms with Crippen molar-refractivity contribution in [2.75, 3.05) is 32.8 Å². The minimum absolute atomic E-state index is 0.169. The summed E-state index contributed by atoms with van der Waals surface area (Å²) >= 11 is 0. The maximum atomic E-state index is 12.0. The highest BCUT2D eigenvalue weighted by molar-refractivity contribution is 5.68. The van der Waals surface area contributed by atoms with Gasteiger partial charge in [0.2, 0.25) is 0 Å². The molecule has 0 bridgehead atoms. The first-order valence-corrected chi connectivity index (χ1v) is 8.24. The molecule has 0 aromatic heterocycles. The van der Waals surface area contributed by atoms with Gasteiger partial charge in [-0.05, 0) is 58.9 Å². The second-order valence-corrected chi connectivity index (χ2v) is 7.21. The van der Waals surface area contributed by atoms with Gasteiger partial charge in [0.15, 0.2) is 0 Å². The van der Waals surface area contributed by atoms with Crippen molar-refractivity contribution in [3.63, 3.8) is 0 Å². The van der Waals surface area contributed by atoms with Crippen molar-refractivity contribution in [1.29, 1.82) is 0 Å². The molecule has 1 N–H and O–H groups in total. The topological polar surface area (TPSA) is 50.8 Å². The molecule has 0 radical (unpaired) electrons. The second-order valence-electron chi connectivity index (χ2n) is 7.21. The molecule has 2 atom stereocenters. The molecule has 2 rings (SSSR count). The quantitative estimate of drug-likeness (QED) is 0.792. The zero-order valence-corrected chi connectivity index (χ0v) is 13.7. The molecular weight excluding hydrogens is 268 g/mol. The van der Waals surface area contributed by atoms with Gasteiger partial charge < -0.3 is 19.7 Å². The zero-order chi connectivity index (χ0) is 15.3. The number of likely N-dealkylation sites (tertiary alicyclic amines) is 1. The Hall–Kier alpha value is -0.810. The molecule has 2 unspecified atom stereocenters. The first-order chi connectivity index (χ1) is 9.94. The first kappa shape index (κ1) is 16.6. The third-order valence-electron chi connectivity index (χ3n) is 4.06. The van der Waals surface area contributed by atoms with Crippen molar-refractivity contribution in [3.05, 3.63) is 0 Å². The number of carbonyl (C=O) groups excluding carboxylic acids is 1. The fourth-order valence-corrected chi connectivity index (χ4v) is 2.94. The lowest BCUT2D eigenvalue weighted by Gasteiger charge is -2.24. The highest BCUT2D eigenvalue weighted by atomic mass is 16.6. The molecule has 2 aliphatic heterocycles. The van der Waals surface area contributed by atoms with Crippen LogP contribution in [0, 0.1) is 5.92 Å². The number of amides is 1. The van der Waals surface area contributed by atoms with Crippen molar-refractivity contribution < 1.29 is 14.3 Å². The van der Waals surface area contributed by atoms with Crippen LogP contribution in [0.4, 0.5) is 4.79 Å². The van der Waals surface area contributed by atoms with Crippen LogP contribution in [-0.4, -0.2) is 55.5 Å². The molecule has 0 aliphatic carbocycles. The van der Waals surface area contributed by atoms with Gasteiger partial charge in [-0.25, -0.2) is 4.79 Å². The van der Waals surface area contributed by atoms with Crippen molar-refractivity contribution in [3.8, 4) is 0 Å². The van der Waals surface area contributed by atoms with Crippen molar-refractivity contribution in [2.24, 2.45) is 5.92 Å². The van der Waals surface area contributed by atoms with Crippen molar-refractivity contribution in [2.45, 2.75) is 58.2 Å². The number of rotatable bonds is 5. The average Bonchev–Trinajstić information content (AvgIpc) is 3.04. The Kier molecular flexibility index (Phi) is 5.88. The normalized spacial score (nSPS) is 26.3. The molecule has 0 aromatic carbocycles. The maximum absolute atomic E-state index is 12.0. The van der Waals surface area contributed by atoms with Gasteiger partial charge in [0.25, 0.3) is 0 Å². The summed E-state index contributed by atoms with van der Waals surface area (Å²) in [6, 6.07) is 0. The molecular formula is C16H30N2O3. The average molecular weight is 298 g/mol. The van der Waals surface area contributed by atoms with Gasteiger partial charge in [-0.2, -0.15) is 0 Å². The molecule has 0 aromatic rings. The van der Waals surface area contributed by atoms with Gasteiger partial charge in [-0.15, -0.1) is 0 Å². The smallest absolute Gasteiger partial charge is 0.410 e. The number of ether oxygens (including phenoxy) is 2. The number of carbonyl (C=O) groups is 1. The van der Waals surface area contributed by atoms with Gasteiger partial charge in [-0.3, -0.25) is 0 Å². The highest BCUT2D eigenvalue weighted by Crippen LogP contribution is 2.21. The Bertz CT molecular complexity index is 335. The standard InChI is InChI=1S/C16H30N2O3/c1-16(2,3)21-15(19)18-9-7-13(12-18)6-8-17-11-14-5-4-10-20-14/h13-14,17H,4-12H2,1-3H3. The first-order valence-electron chi connectivity index (χ1n) is 8.24. The minimum Gasteiger partial charge on any atom is -0.444 e. The van der Waals surface area contributed by atoms with E-state index in [2.05, 4.69) is 5.32 Å². The molecule has 5 heteroatoms. The van der Waals surface area contributed by atoms with Gasteiger partial charge in [0.05, 0.1) is 6.10 Å². The van der Waals surface area contributed by atoms with Crippen LogP contribution < -0.4 is 5.32 Å². The van der Waals surface area contributed by atoms with E-state index in [1.54, 1.807) is 0 Å². The number of hydrogen-bond donors (Lipinski definition) is 1. The van der Waals surface area contributed by atoms with Gasteiger partial charge in [0.1, 0.15) is 5.60 Å². The van der Waals surface area contributed by atoms with Crippen LogP contribution in [0.2, 0.25) is 0 Å². The maximum Gasteiger partial charge on any atom is 0.410 e. The van der Waals surface area contributed by atoms with Crippen molar-refractivity contribution in [1.82, 2.24) is 10.2 Å². The van der Waals surface area contributed by atoms with Crippen LogP contribution in [0.25, 0.3) is 0 Å². The fraction of sp³-hybridized carbons (Fsp3) is 0.938. The fourth-order valence-electron chi connectivity index (χ4n) is 2.94. The van der Waals surface area contributed by atoms with E-state index in [-0.39, 0.29) is 6.09 Å². The zero-order valence-electron chi connectivity index (χ0n) is 13.7. The Labute approximate surface area is 128 Å². The molecule has 21 heavy (non-hydrogen) atoms. The Morgan fingerprint density at radius 2 is 2.19 bits per heavy atom. The van der Waals surface area contributed by atoms with Crippen molar-refractivity contribution >= 4 is 6.09 Å². The molecule has 2 heterocycles. The minimum atomic E-state index is -0.405. The van der Waals surface area contributed by atoms with E-state index in [4.69, 9.17) is 9.47 Å². The summed E-state index contributed by atoms with van der Waals surface area (Å²) in [5.74, 6) is 0.592. The molecule has 2 aliphatic rings. The van der Waals surface area contributed by atoms with Gasteiger partial charge >= 0.3 is 6.09 Å². The lowest BCUT2D eigenvalue weighted by atomic mass is 10.1. The number of nitrogens with zero attached hydrogens (tertiary/aromatic N) is 1. The SMILES string of the molecule is CC(C)(C)OC(=O)N1CCC(CCNCC2CCCO2)C1. The van der Waals surface area contributed by atoms with Crippen LogP contribution in [0.1, 0.15) is 46.5 Å². The largest absolute Gasteiger partial charge is 0.444 e. The second kappa shape index (κ2) is 7.45. The lowest BCUT2D eigenvalue weighted by Crippen LogP contribution is -2.35. The third-order valence-corrected chi connectivity index (χ3v) is 4.06. The summed E-state index contributed by atoms with van der Waals surface area (Å²) in [7, 11) is 0. The number of hydrogen-bond acceptors (Lipinski definition) is 4. The lowest BCUT2D eigenvalue weighted by molar-refractivity contribution is 0.0287. The van der Waals surface area contributed by atoms with Crippen LogP contribution >= 0.6 is 0 Å². The molecule has 0 saturated carbocycles. The van der Waals surface area contributed by atoms with Crippen LogP contribution in [0.5, 0.6) is 0 Å². The highest BCUT2D eigenvalue weighted by Gasteiger charge is 2.29. The Morgan fingerprint density at radius 3 is 2.86 bits per heavy atom. The summed E-state index contributed by atoms with van der Waals surface area (Å²) < 4.78 is 11.0. The van der Waals surface area contributed by atoms with Crippen LogP contribution in [0.3, 0.4) is 0 Å². The molecule has 2 saturated heterocycles. The van der Waals surface area contributed by atoms with E-state index in [9.17, 15) is 4.79 Å². The Balaban J connectivity index is 1.58. The van der Waals surface area contributed by atoms with Gasteiger partial charge in [0, 0.05) is 26.2 Å². The summed E-state index contributed by atoms with van der Waals surface area (Å²) in [5, 5.41) is 3.48. The summed E-state index contributed by atoms with van der Waals surface area (Å²) in [4.78, 5) is 13.8. The predicted molar refractivity (Wildman–Crippen MR) is 82.4 cm³/mol. The number of nitrogens with one attached hydrogen (secondary N) is 1. The third kappa shape index (κ3) is 5.83. The van der Waals surface area contributed by atoms with E-state index in [0.717, 1.165) is 45.6 Å². The Morgan fingerprint density at radius 1 is 1.38 bits per heavy atom. The molecule has 1 amide bonds.